The molecular formula is C18H23N3O. The predicted octanol–water partition coefficient (Wildman–Crippen LogP) is 3.19. The van der Waals surface area contributed by atoms with Crippen molar-refractivity contribution in [2.24, 2.45) is 0 Å². The maximum Gasteiger partial charge on any atom is 0.123 e. The van der Waals surface area contributed by atoms with Crippen molar-refractivity contribution in [1.82, 2.24) is 9.88 Å². The first-order valence-electron chi connectivity index (χ1n) is 7.87. The molecule has 1 atom stereocenters. The molecule has 4 nitrogen and oxygen atoms in total. The molecule has 0 saturated carbocycles. The van der Waals surface area contributed by atoms with Gasteiger partial charge in [0, 0.05) is 17.8 Å². The maximum absolute atomic E-state index is 5.86. The molecule has 0 spiro atoms. The summed E-state index contributed by atoms with van der Waals surface area (Å²) >= 11 is 0. The Balaban J connectivity index is 1.54. The summed E-state index contributed by atoms with van der Waals surface area (Å²) in [6.45, 7) is 1.99. The summed E-state index contributed by atoms with van der Waals surface area (Å²) < 4.78 is 5.86. The highest BCUT2D eigenvalue weighted by Gasteiger charge is 2.20. The van der Waals surface area contributed by atoms with E-state index in [4.69, 9.17) is 10.5 Å². The molecule has 1 fully saturated rings. The molecule has 0 radical (unpaired) electrons. The van der Waals surface area contributed by atoms with Crippen LogP contribution in [0.3, 0.4) is 0 Å². The number of benzene rings is 1. The lowest BCUT2D eigenvalue weighted by Crippen LogP contribution is -2.26. The minimum absolute atomic E-state index is 0.542. The first-order chi connectivity index (χ1) is 10.7. The highest BCUT2D eigenvalue weighted by molar-refractivity contribution is 5.64. The van der Waals surface area contributed by atoms with Gasteiger partial charge in [-0.1, -0.05) is 12.1 Å². The lowest BCUT2D eigenvalue weighted by atomic mass is 10.1. The van der Waals surface area contributed by atoms with Crippen LogP contribution in [0.15, 0.2) is 42.6 Å². The number of ether oxygens (including phenoxy) is 1. The van der Waals surface area contributed by atoms with E-state index in [-0.39, 0.29) is 0 Å². The molecule has 2 N–H and O–H groups in total. The Labute approximate surface area is 131 Å². The number of hydrogen-bond acceptors (Lipinski definition) is 4. The maximum atomic E-state index is 5.86. The van der Waals surface area contributed by atoms with Crippen LogP contribution in [0.5, 0.6) is 5.75 Å². The highest BCUT2D eigenvalue weighted by atomic mass is 16.5. The van der Waals surface area contributed by atoms with Gasteiger partial charge in [-0.3, -0.25) is 0 Å². The van der Waals surface area contributed by atoms with E-state index < -0.39 is 0 Å². The van der Waals surface area contributed by atoms with Crippen molar-refractivity contribution in [3.63, 3.8) is 0 Å². The van der Waals surface area contributed by atoms with E-state index in [1.54, 1.807) is 6.20 Å². The fourth-order valence-electron chi connectivity index (χ4n) is 2.98. The zero-order valence-electron chi connectivity index (χ0n) is 13.0. The molecule has 1 aliphatic rings. The molecule has 4 heteroatoms. The van der Waals surface area contributed by atoms with Gasteiger partial charge in [-0.25, -0.2) is 4.98 Å². The summed E-state index contributed by atoms with van der Waals surface area (Å²) in [6, 6.07) is 12.6. The van der Waals surface area contributed by atoms with Crippen LogP contribution in [-0.2, 0) is 0 Å². The lowest BCUT2D eigenvalue weighted by Gasteiger charge is -2.19. The topological polar surface area (TPSA) is 51.4 Å². The van der Waals surface area contributed by atoms with E-state index in [2.05, 4.69) is 29.1 Å². The fraction of sp³-hybridized carbons (Fsp3) is 0.389. The first kappa shape index (κ1) is 14.9. The summed E-state index contributed by atoms with van der Waals surface area (Å²) in [7, 11) is 2.20. The third kappa shape index (κ3) is 3.57. The second-order valence-corrected chi connectivity index (χ2v) is 5.91. The van der Waals surface area contributed by atoms with Crippen LogP contribution in [0, 0.1) is 0 Å². The third-order valence-electron chi connectivity index (χ3n) is 4.37. The molecule has 2 aromatic rings. The van der Waals surface area contributed by atoms with Crippen molar-refractivity contribution in [2.45, 2.75) is 25.3 Å². The highest BCUT2D eigenvalue weighted by Crippen LogP contribution is 2.23. The van der Waals surface area contributed by atoms with E-state index in [1.165, 1.54) is 19.4 Å². The molecule has 0 aliphatic carbocycles. The van der Waals surface area contributed by atoms with Gasteiger partial charge in [-0.2, -0.15) is 0 Å². The Morgan fingerprint density at radius 1 is 1.18 bits per heavy atom. The van der Waals surface area contributed by atoms with Gasteiger partial charge in [0.25, 0.3) is 0 Å². The Morgan fingerprint density at radius 3 is 2.59 bits per heavy atom. The zero-order valence-corrected chi connectivity index (χ0v) is 13.0. The van der Waals surface area contributed by atoms with Gasteiger partial charge in [-0.15, -0.1) is 0 Å². The van der Waals surface area contributed by atoms with E-state index in [0.717, 1.165) is 29.9 Å². The van der Waals surface area contributed by atoms with E-state index >= 15 is 0 Å². The van der Waals surface area contributed by atoms with Gasteiger partial charge in [0.1, 0.15) is 11.6 Å². The van der Waals surface area contributed by atoms with Crippen molar-refractivity contribution in [1.29, 1.82) is 0 Å². The Bertz CT molecular complexity index is 595. The average Bonchev–Trinajstić information content (AvgIpc) is 2.94. The molecule has 1 unspecified atom stereocenters. The molecule has 1 aliphatic heterocycles. The second-order valence-electron chi connectivity index (χ2n) is 5.91. The summed E-state index contributed by atoms with van der Waals surface area (Å²) in [5.41, 5.74) is 7.79. The van der Waals surface area contributed by atoms with Gasteiger partial charge in [0.15, 0.2) is 0 Å². The molecule has 3 rings (SSSR count). The minimum Gasteiger partial charge on any atom is -0.494 e. The number of hydrogen-bond donors (Lipinski definition) is 1. The Morgan fingerprint density at radius 2 is 1.95 bits per heavy atom. The van der Waals surface area contributed by atoms with Crippen molar-refractivity contribution < 1.29 is 4.74 Å². The molecule has 2 heterocycles. The van der Waals surface area contributed by atoms with Crippen LogP contribution in [0.1, 0.15) is 19.3 Å². The van der Waals surface area contributed by atoms with Crippen molar-refractivity contribution in [3.05, 3.63) is 42.6 Å². The van der Waals surface area contributed by atoms with Crippen molar-refractivity contribution >= 4 is 5.82 Å². The van der Waals surface area contributed by atoms with Crippen LogP contribution in [-0.4, -0.2) is 36.1 Å². The Hall–Kier alpha value is -2.07. The van der Waals surface area contributed by atoms with E-state index in [9.17, 15) is 0 Å². The summed E-state index contributed by atoms with van der Waals surface area (Å²) in [6.07, 6.45) is 5.50. The summed E-state index contributed by atoms with van der Waals surface area (Å²) in [5.74, 6) is 1.47. The number of nitrogens with two attached hydrogens (primary N) is 1. The van der Waals surface area contributed by atoms with Crippen LogP contribution in [0.4, 0.5) is 5.82 Å². The lowest BCUT2D eigenvalue weighted by molar-refractivity contribution is 0.233. The van der Waals surface area contributed by atoms with Crippen LogP contribution in [0.2, 0.25) is 0 Å². The predicted molar refractivity (Wildman–Crippen MR) is 89.8 cm³/mol. The van der Waals surface area contributed by atoms with Crippen LogP contribution < -0.4 is 10.5 Å². The van der Waals surface area contributed by atoms with Crippen LogP contribution in [0.25, 0.3) is 11.1 Å². The smallest absolute Gasteiger partial charge is 0.123 e. The zero-order chi connectivity index (χ0) is 15.4. The van der Waals surface area contributed by atoms with Crippen molar-refractivity contribution in [3.8, 4) is 16.9 Å². The summed E-state index contributed by atoms with van der Waals surface area (Å²) in [4.78, 5) is 6.55. The Kier molecular flexibility index (Phi) is 4.59. The average molecular weight is 297 g/mol. The number of nitrogen functional groups attached to an aromatic ring is 1. The van der Waals surface area contributed by atoms with E-state index in [1.807, 2.05) is 24.3 Å². The number of likely N-dealkylation sites (tertiary alicyclic amines) is 1. The quantitative estimate of drug-likeness (QED) is 0.921. The molecule has 1 saturated heterocycles. The number of nitrogens with zero attached hydrogens (tertiary/aromatic N) is 2. The standard InChI is InChI=1S/C18H23N3O/c1-21-11-2-3-16(21)10-12-22-17-7-4-14(5-8-17)15-6-9-18(19)20-13-15/h4-9,13,16H,2-3,10-12H2,1H3,(H2,19,20). The number of pyridine rings is 1. The molecule has 22 heavy (non-hydrogen) atoms. The molecule has 0 amide bonds. The van der Waals surface area contributed by atoms with E-state index in [0.29, 0.717) is 11.9 Å². The molecule has 116 valence electrons. The summed E-state index contributed by atoms with van der Waals surface area (Å²) in [5, 5.41) is 0. The van der Waals surface area contributed by atoms with Crippen molar-refractivity contribution in [2.75, 3.05) is 25.9 Å². The first-order valence-corrected chi connectivity index (χ1v) is 7.87. The van der Waals surface area contributed by atoms with Crippen LogP contribution >= 0.6 is 0 Å². The van der Waals surface area contributed by atoms with Gasteiger partial charge < -0.3 is 15.4 Å². The van der Waals surface area contributed by atoms with Gasteiger partial charge >= 0.3 is 0 Å². The largest absolute Gasteiger partial charge is 0.494 e. The number of aromatic nitrogens is 1. The SMILES string of the molecule is CN1CCCC1CCOc1ccc(-c2ccc(N)nc2)cc1. The molecule has 1 aromatic carbocycles. The fourth-order valence-corrected chi connectivity index (χ4v) is 2.98. The molecular weight excluding hydrogens is 274 g/mol. The third-order valence-corrected chi connectivity index (χ3v) is 4.37. The van der Waals surface area contributed by atoms with Gasteiger partial charge in [0.05, 0.1) is 6.61 Å². The second kappa shape index (κ2) is 6.79. The number of anilines is 1. The van der Waals surface area contributed by atoms with Gasteiger partial charge in [-0.05, 0) is 62.7 Å². The van der Waals surface area contributed by atoms with Gasteiger partial charge in [0.2, 0.25) is 0 Å². The number of rotatable bonds is 5. The normalized spacial score (nSPS) is 18.5. The minimum atomic E-state index is 0.542. The molecule has 1 aromatic heterocycles. The molecule has 0 bridgehead atoms. The monoisotopic (exact) mass is 297 g/mol.